The van der Waals surface area contributed by atoms with E-state index in [9.17, 15) is 4.79 Å². The van der Waals surface area contributed by atoms with Crippen LogP contribution in [0.5, 0.6) is 0 Å². The predicted octanol–water partition coefficient (Wildman–Crippen LogP) is 4.26. The number of aryl methyl sites for hydroxylation is 1. The highest BCUT2D eigenvalue weighted by atomic mass is 79.9. The third kappa shape index (κ3) is 3.36. The number of carbonyl (C=O) groups is 1. The summed E-state index contributed by atoms with van der Waals surface area (Å²) in [6.07, 6.45) is 0. The molecule has 0 aliphatic carbocycles. The van der Waals surface area contributed by atoms with Crippen LogP contribution >= 0.6 is 15.9 Å². The van der Waals surface area contributed by atoms with Gasteiger partial charge in [-0.1, -0.05) is 18.2 Å². The van der Waals surface area contributed by atoms with Crippen molar-refractivity contribution in [2.24, 2.45) is 0 Å². The Labute approximate surface area is 132 Å². The third-order valence-corrected chi connectivity index (χ3v) is 4.12. The maximum Gasteiger partial charge on any atom is 0.340 e. The van der Waals surface area contributed by atoms with E-state index in [0.29, 0.717) is 23.5 Å². The molecule has 2 rings (SSSR count). The van der Waals surface area contributed by atoms with Gasteiger partial charge >= 0.3 is 5.97 Å². The molecule has 110 valence electrons. The monoisotopic (exact) mass is 348 g/mol. The van der Waals surface area contributed by atoms with E-state index in [4.69, 9.17) is 10.5 Å². The van der Waals surface area contributed by atoms with E-state index in [1.54, 1.807) is 19.1 Å². The molecule has 0 saturated carbocycles. The van der Waals surface area contributed by atoms with Crippen molar-refractivity contribution >= 4 is 39.0 Å². The molecular weight excluding hydrogens is 332 g/mol. The minimum Gasteiger partial charge on any atom is -0.462 e. The number of anilines is 3. The summed E-state index contributed by atoms with van der Waals surface area (Å²) in [6, 6.07) is 11.2. The van der Waals surface area contributed by atoms with Crippen molar-refractivity contribution in [1.29, 1.82) is 0 Å². The quantitative estimate of drug-likeness (QED) is 0.639. The van der Waals surface area contributed by atoms with Crippen LogP contribution in [-0.4, -0.2) is 12.6 Å². The van der Waals surface area contributed by atoms with Gasteiger partial charge in [-0.3, -0.25) is 0 Å². The number of nitrogens with two attached hydrogens (primary N) is 1. The second kappa shape index (κ2) is 6.63. The van der Waals surface area contributed by atoms with E-state index in [1.807, 2.05) is 31.2 Å². The van der Waals surface area contributed by atoms with Crippen molar-refractivity contribution in [3.63, 3.8) is 0 Å². The fraction of sp³-hybridized carbons (Fsp3) is 0.188. The summed E-state index contributed by atoms with van der Waals surface area (Å²) in [5, 5.41) is 3.24. The van der Waals surface area contributed by atoms with Crippen molar-refractivity contribution < 1.29 is 9.53 Å². The lowest BCUT2D eigenvalue weighted by Crippen LogP contribution is -2.09. The highest BCUT2D eigenvalue weighted by Gasteiger charge is 2.14. The average Bonchev–Trinajstić information content (AvgIpc) is 2.46. The molecule has 0 unspecified atom stereocenters. The second-order valence-corrected chi connectivity index (χ2v) is 5.34. The highest BCUT2D eigenvalue weighted by Crippen LogP contribution is 2.32. The number of rotatable bonds is 4. The predicted molar refractivity (Wildman–Crippen MR) is 89.0 cm³/mol. The Bertz CT molecular complexity index is 671. The lowest BCUT2D eigenvalue weighted by molar-refractivity contribution is 0.0527. The standard InChI is InChI=1S/C16H17BrN2O2/c1-3-21-16(20)11-7-5-9-13(15(11)18)19-12-8-4-6-10(2)14(12)17/h4-9,19H,3,18H2,1-2H3. The highest BCUT2D eigenvalue weighted by molar-refractivity contribution is 9.10. The summed E-state index contributed by atoms with van der Waals surface area (Å²) in [6.45, 7) is 4.09. The number of para-hydroxylation sites is 1. The molecule has 0 fully saturated rings. The SMILES string of the molecule is CCOC(=O)c1cccc(Nc2cccc(C)c2Br)c1N. The molecule has 0 bridgehead atoms. The first-order chi connectivity index (χ1) is 10.0. The summed E-state index contributed by atoms with van der Waals surface area (Å²) in [5.74, 6) is -0.415. The topological polar surface area (TPSA) is 64.3 Å². The maximum atomic E-state index is 11.9. The zero-order valence-corrected chi connectivity index (χ0v) is 13.5. The van der Waals surface area contributed by atoms with Gasteiger partial charge in [-0.15, -0.1) is 0 Å². The molecule has 0 heterocycles. The Morgan fingerprint density at radius 1 is 1.24 bits per heavy atom. The number of halogens is 1. The van der Waals surface area contributed by atoms with Crippen LogP contribution < -0.4 is 11.1 Å². The summed E-state index contributed by atoms with van der Waals surface area (Å²) in [5.41, 5.74) is 9.49. The summed E-state index contributed by atoms with van der Waals surface area (Å²) in [4.78, 5) is 11.9. The number of nitrogens with one attached hydrogen (secondary N) is 1. The number of carbonyl (C=O) groups excluding carboxylic acids is 1. The summed E-state index contributed by atoms with van der Waals surface area (Å²) < 4.78 is 5.96. The van der Waals surface area contributed by atoms with Gasteiger partial charge in [0.1, 0.15) is 0 Å². The van der Waals surface area contributed by atoms with Crippen LogP contribution in [0.25, 0.3) is 0 Å². The zero-order valence-electron chi connectivity index (χ0n) is 11.9. The van der Waals surface area contributed by atoms with Crippen LogP contribution in [0.15, 0.2) is 40.9 Å². The van der Waals surface area contributed by atoms with Gasteiger partial charge < -0.3 is 15.8 Å². The molecule has 0 aliphatic rings. The summed E-state index contributed by atoms with van der Waals surface area (Å²) in [7, 11) is 0. The zero-order chi connectivity index (χ0) is 15.4. The molecule has 0 aliphatic heterocycles. The lowest BCUT2D eigenvalue weighted by atomic mass is 10.1. The molecule has 21 heavy (non-hydrogen) atoms. The van der Waals surface area contributed by atoms with Crippen molar-refractivity contribution in [2.75, 3.05) is 17.7 Å². The average molecular weight is 349 g/mol. The van der Waals surface area contributed by atoms with E-state index < -0.39 is 5.97 Å². The van der Waals surface area contributed by atoms with E-state index in [1.165, 1.54) is 0 Å². The van der Waals surface area contributed by atoms with Crippen molar-refractivity contribution in [2.45, 2.75) is 13.8 Å². The van der Waals surface area contributed by atoms with Gasteiger partial charge in [0.2, 0.25) is 0 Å². The molecule has 0 spiro atoms. The second-order valence-electron chi connectivity index (χ2n) is 4.55. The van der Waals surface area contributed by atoms with E-state index in [-0.39, 0.29) is 0 Å². The molecule has 0 atom stereocenters. The van der Waals surface area contributed by atoms with Crippen LogP contribution in [0, 0.1) is 6.92 Å². The van der Waals surface area contributed by atoms with Gasteiger partial charge in [-0.05, 0) is 53.5 Å². The first-order valence-corrected chi connectivity index (χ1v) is 7.41. The van der Waals surface area contributed by atoms with E-state index in [0.717, 1.165) is 15.7 Å². The minimum atomic E-state index is -0.415. The molecule has 0 saturated heterocycles. The van der Waals surface area contributed by atoms with Crippen molar-refractivity contribution in [3.05, 3.63) is 52.0 Å². The number of benzene rings is 2. The maximum absolute atomic E-state index is 11.9. The molecule has 3 N–H and O–H groups in total. The van der Waals surface area contributed by atoms with Crippen LogP contribution in [0.3, 0.4) is 0 Å². The van der Waals surface area contributed by atoms with Gasteiger partial charge in [0.05, 0.1) is 29.2 Å². The molecule has 0 aromatic heterocycles. The molecule has 0 amide bonds. The molecule has 2 aromatic rings. The van der Waals surface area contributed by atoms with Crippen LogP contribution in [0.2, 0.25) is 0 Å². The lowest BCUT2D eigenvalue weighted by Gasteiger charge is -2.14. The van der Waals surface area contributed by atoms with Crippen LogP contribution in [0.1, 0.15) is 22.8 Å². The van der Waals surface area contributed by atoms with Gasteiger partial charge in [-0.2, -0.15) is 0 Å². The number of hydrogen-bond acceptors (Lipinski definition) is 4. The van der Waals surface area contributed by atoms with E-state index in [2.05, 4.69) is 21.2 Å². The molecule has 4 nitrogen and oxygen atoms in total. The Morgan fingerprint density at radius 3 is 2.62 bits per heavy atom. The Balaban J connectivity index is 2.35. The minimum absolute atomic E-state index is 0.319. The number of nitrogen functional groups attached to an aromatic ring is 1. The Kier molecular flexibility index (Phi) is 4.85. The normalized spacial score (nSPS) is 10.2. The third-order valence-electron chi connectivity index (χ3n) is 3.06. The number of ether oxygens (including phenoxy) is 1. The Morgan fingerprint density at radius 2 is 1.90 bits per heavy atom. The molecule has 2 aromatic carbocycles. The smallest absolute Gasteiger partial charge is 0.340 e. The largest absolute Gasteiger partial charge is 0.462 e. The summed E-state index contributed by atoms with van der Waals surface area (Å²) >= 11 is 3.54. The van der Waals surface area contributed by atoms with Crippen LogP contribution in [0.4, 0.5) is 17.1 Å². The molecule has 5 heteroatoms. The first-order valence-electron chi connectivity index (χ1n) is 6.62. The number of hydrogen-bond donors (Lipinski definition) is 2. The van der Waals surface area contributed by atoms with Crippen molar-refractivity contribution in [3.8, 4) is 0 Å². The van der Waals surface area contributed by atoms with Gasteiger partial charge in [-0.25, -0.2) is 4.79 Å². The van der Waals surface area contributed by atoms with Crippen LogP contribution in [-0.2, 0) is 4.74 Å². The number of esters is 1. The fourth-order valence-electron chi connectivity index (χ4n) is 1.95. The fourth-order valence-corrected chi connectivity index (χ4v) is 2.31. The van der Waals surface area contributed by atoms with Gasteiger partial charge in [0.25, 0.3) is 0 Å². The van der Waals surface area contributed by atoms with Gasteiger partial charge in [0, 0.05) is 4.47 Å². The Hall–Kier alpha value is -2.01. The first kappa shape index (κ1) is 15.4. The molecular formula is C16H17BrN2O2. The molecule has 0 radical (unpaired) electrons. The van der Waals surface area contributed by atoms with Gasteiger partial charge in [0.15, 0.2) is 0 Å². The van der Waals surface area contributed by atoms with Crippen molar-refractivity contribution in [1.82, 2.24) is 0 Å². The van der Waals surface area contributed by atoms with E-state index >= 15 is 0 Å².